The lowest BCUT2D eigenvalue weighted by Crippen LogP contribution is -1.97. The summed E-state index contributed by atoms with van der Waals surface area (Å²) in [6.45, 7) is 4.55. The van der Waals surface area contributed by atoms with Crippen LogP contribution < -0.4 is 5.73 Å². The van der Waals surface area contributed by atoms with Crippen LogP contribution >= 0.6 is 0 Å². The second-order valence-corrected chi connectivity index (χ2v) is 2.99. The van der Waals surface area contributed by atoms with Crippen LogP contribution in [0.2, 0.25) is 0 Å². The van der Waals surface area contributed by atoms with Crippen molar-refractivity contribution in [3.63, 3.8) is 0 Å². The summed E-state index contributed by atoms with van der Waals surface area (Å²) in [5.74, 6) is 0. The Hall–Kier alpha value is -0.300. The molecule has 0 bridgehead atoms. The van der Waals surface area contributed by atoms with Gasteiger partial charge in [-0.1, -0.05) is 31.8 Å². The van der Waals surface area contributed by atoms with Crippen molar-refractivity contribution in [2.75, 3.05) is 6.54 Å². The minimum absolute atomic E-state index is 0.854. The fraction of sp³-hybridized carbons (Fsp3) is 0.800. The Morgan fingerprint density at radius 2 is 1.45 bits per heavy atom. The van der Waals surface area contributed by atoms with E-state index < -0.39 is 0 Å². The van der Waals surface area contributed by atoms with Crippen LogP contribution in [0.4, 0.5) is 0 Å². The van der Waals surface area contributed by atoms with E-state index in [1.165, 1.54) is 44.9 Å². The quantitative estimate of drug-likeness (QED) is 0.423. The number of rotatable bonds is 8. The molecule has 0 heterocycles. The molecule has 0 aliphatic carbocycles. The number of nitrogens with two attached hydrogens (primary N) is 1. The molecule has 0 unspecified atom stereocenters. The van der Waals surface area contributed by atoms with E-state index in [2.05, 4.69) is 6.58 Å². The average Bonchev–Trinajstić information content (AvgIpc) is 2.03. The van der Waals surface area contributed by atoms with E-state index in [0.717, 1.165) is 6.54 Å². The highest BCUT2D eigenvalue weighted by atomic mass is 14.5. The summed E-state index contributed by atoms with van der Waals surface area (Å²) in [6, 6.07) is 0. The predicted octanol–water partition coefficient (Wildman–Crippen LogP) is 2.86. The second kappa shape index (κ2) is 9.70. The van der Waals surface area contributed by atoms with Gasteiger partial charge in [-0.25, -0.2) is 0 Å². The van der Waals surface area contributed by atoms with Crippen LogP contribution in [0, 0.1) is 0 Å². The zero-order valence-corrected chi connectivity index (χ0v) is 7.52. The first-order valence-electron chi connectivity index (χ1n) is 4.72. The van der Waals surface area contributed by atoms with Gasteiger partial charge in [-0.3, -0.25) is 0 Å². The summed E-state index contributed by atoms with van der Waals surface area (Å²) < 4.78 is 0. The first-order chi connectivity index (χ1) is 5.41. The van der Waals surface area contributed by atoms with E-state index in [4.69, 9.17) is 5.73 Å². The molecule has 2 N–H and O–H groups in total. The van der Waals surface area contributed by atoms with Crippen molar-refractivity contribution < 1.29 is 0 Å². The Morgan fingerprint density at radius 3 is 2.00 bits per heavy atom. The SMILES string of the molecule is C=CCCCCCCCCN. The summed E-state index contributed by atoms with van der Waals surface area (Å²) in [5.41, 5.74) is 5.38. The topological polar surface area (TPSA) is 26.0 Å². The van der Waals surface area contributed by atoms with E-state index in [0.29, 0.717) is 0 Å². The summed E-state index contributed by atoms with van der Waals surface area (Å²) in [7, 11) is 0. The predicted molar refractivity (Wildman–Crippen MR) is 51.6 cm³/mol. The maximum atomic E-state index is 5.38. The highest BCUT2D eigenvalue weighted by Crippen LogP contribution is 2.06. The van der Waals surface area contributed by atoms with Gasteiger partial charge in [-0.05, 0) is 25.8 Å². The van der Waals surface area contributed by atoms with Crippen LogP contribution in [0.3, 0.4) is 0 Å². The van der Waals surface area contributed by atoms with E-state index in [9.17, 15) is 0 Å². The molecule has 0 aromatic heterocycles. The van der Waals surface area contributed by atoms with Crippen LogP contribution in [-0.2, 0) is 0 Å². The van der Waals surface area contributed by atoms with Crippen molar-refractivity contribution in [3.05, 3.63) is 12.7 Å². The number of allylic oxidation sites excluding steroid dienone is 1. The third-order valence-electron chi connectivity index (χ3n) is 1.86. The zero-order chi connectivity index (χ0) is 8.36. The van der Waals surface area contributed by atoms with Crippen LogP contribution in [0.5, 0.6) is 0 Å². The van der Waals surface area contributed by atoms with Crippen LogP contribution in [0.1, 0.15) is 44.9 Å². The summed E-state index contributed by atoms with van der Waals surface area (Å²) in [6.07, 6.45) is 11.1. The van der Waals surface area contributed by atoms with Crippen molar-refractivity contribution in [2.45, 2.75) is 44.9 Å². The highest BCUT2D eigenvalue weighted by Gasteiger charge is 1.88. The lowest BCUT2D eigenvalue weighted by molar-refractivity contribution is 0.601. The largest absolute Gasteiger partial charge is 0.330 e. The molecular formula is C10H21N. The van der Waals surface area contributed by atoms with E-state index in [-0.39, 0.29) is 0 Å². The Labute approximate surface area is 70.7 Å². The van der Waals surface area contributed by atoms with E-state index >= 15 is 0 Å². The van der Waals surface area contributed by atoms with Gasteiger partial charge >= 0.3 is 0 Å². The maximum Gasteiger partial charge on any atom is -0.00773 e. The van der Waals surface area contributed by atoms with Gasteiger partial charge in [-0.15, -0.1) is 6.58 Å². The summed E-state index contributed by atoms with van der Waals surface area (Å²) >= 11 is 0. The van der Waals surface area contributed by atoms with Crippen LogP contribution in [0.15, 0.2) is 12.7 Å². The second-order valence-electron chi connectivity index (χ2n) is 2.99. The van der Waals surface area contributed by atoms with Gasteiger partial charge in [0, 0.05) is 0 Å². The number of hydrogen-bond donors (Lipinski definition) is 1. The van der Waals surface area contributed by atoms with Gasteiger partial charge in [0.05, 0.1) is 0 Å². The smallest absolute Gasteiger partial charge is 0.00773 e. The maximum absolute atomic E-state index is 5.38. The molecule has 11 heavy (non-hydrogen) atoms. The first kappa shape index (κ1) is 10.7. The molecule has 0 spiro atoms. The molecule has 0 aliphatic heterocycles. The monoisotopic (exact) mass is 155 g/mol. The van der Waals surface area contributed by atoms with Gasteiger partial charge in [0.15, 0.2) is 0 Å². The average molecular weight is 155 g/mol. The molecule has 0 aliphatic rings. The Balaban J connectivity index is 2.74. The molecule has 1 nitrogen and oxygen atoms in total. The summed E-state index contributed by atoms with van der Waals surface area (Å²) in [4.78, 5) is 0. The van der Waals surface area contributed by atoms with Gasteiger partial charge < -0.3 is 5.73 Å². The molecule has 0 saturated carbocycles. The van der Waals surface area contributed by atoms with Crippen molar-refractivity contribution in [1.29, 1.82) is 0 Å². The lowest BCUT2D eigenvalue weighted by Gasteiger charge is -1.98. The fourth-order valence-corrected chi connectivity index (χ4v) is 1.14. The molecule has 0 rings (SSSR count). The normalized spacial score (nSPS) is 9.91. The molecule has 0 fully saturated rings. The molecule has 1 heteroatoms. The zero-order valence-electron chi connectivity index (χ0n) is 7.52. The fourth-order valence-electron chi connectivity index (χ4n) is 1.14. The van der Waals surface area contributed by atoms with Crippen LogP contribution in [0.25, 0.3) is 0 Å². The molecule has 0 aromatic rings. The minimum atomic E-state index is 0.854. The Morgan fingerprint density at radius 1 is 0.909 bits per heavy atom. The molecule has 0 saturated heterocycles. The molecule has 0 atom stereocenters. The van der Waals surface area contributed by atoms with Gasteiger partial charge in [-0.2, -0.15) is 0 Å². The third kappa shape index (κ3) is 9.70. The first-order valence-corrected chi connectivity index (χ1v) is 4.72. The molecule has 0 radical (unpaired) electrons. The minimum Gasteiger partial charge on any atom is -0.330 e. The van der Waals surface area contributed by atoms with Crippen molar-refractivity contribution in [3.8, 4) is 0 Å². The highest BCUT2D eigenvalue weighted by molar-refractivity contribution is 4.65. The molecule has 0 amide bonds. The summed E-state index contributed by atoms with van der Waals surface area (Å²) in [5, 5.41) is 0. The number of unbranched alkanes of at least 4 members (excludes halogenated alkanes) is 6. The van der Waals surface area contributed by atoms with Gasteiger partial charge in [0.2, 0.25) is 0 Å². The van der Waals surface area contributed by atoms with Gasteiger partial charge in [0.25, 0.3) is 0 Å². The van der Waals surface area contributed by atoms with Crippen molar-refractivity contribution in [1.82, 2.24) is 0 Å². The van der Waals surface area contributed by atoms with Gasteiger partial charge in [0.1, 0.15) is 0 Å². The molecule has 0 aromatic carbocycles. The molecular weight excluding hydrogens is 134 g/mol. The Kier molecular flexibility index (Phi) is 9.44. The third-order valence-corrected chi connectivity index (χ3v) is 1.86. The standard InChI is InChI=1S/C10H21N/c1-2-3-4-5-6-7-8-9-10-11/h2H,1,3-11H2. The van der Waals surface area contributed by atoms with E-state index in [1.807, 2.05) is 6.08 Å². The molecule has 66 valence electrons. The van der Waals surface area contributed by atoms with Crippen LogP contribution in [-0.4, -0.2) is 6.54 Å². The Bertz CT molecular complexity index is 78.9. The number of hydrogen-bond acceptors (Lipinski definition) is 1. The van der Waals surface area contributed by atoms with Crippen molar-refractivity contribution >= 4 is 0 Å². The lowest BCUT2D eigenvalue weighted by atomic mass is 10.1. The van der Waals surface area contributed by atoms with Crippen molar-refractivity contribution in [2.24, 2.45) is 5.73 Å². The van der Waals surface area contributed by atoms with E-state index in [1.54, 1.807) is 0 Å².